The van der Waals surface area contributed by atoms with Crippen molar-refractivity contribution in [2.24, 2.45) is 5.92 Å². The van der Waals surface area contributed by atoms with E-state index in [1.807, 2.05) is 30.8 Å². The number of Topliss-reactive ketones (excluding diaryl/α,β-unsaturated/α-hetero) is 1. The lowest BCUT2D eigenvalue weighted by molar-refractivity contribution is 0.0934. The first-order valence-corrected chi connectivity index (χ1v) is 6.60. The number of aryl methyl sites for hydroxylation is 1. The lowest BCUT2D eigenvalue weighted by atomic mass is 9.96. The van der Waals surface area contributed by atoms with Crippen LogP contribution in [0.5, 0.6) is 0 Å². The largest absolute Gasteiger partial charge is 0.294 e. The molecule has 0 aromatic heterocycles. The number of carbonyl (C=O) groups is 1. The molecule has 0 bridgehead atoms. The van der Waals surface area contributed by atoms with E-state index in [1.165, 1.54) is 0 Å². The van der Waals surface area contributed by atoms with Crippen molar-refractivity contribution in [2.75, 3.05) is 11.5 Å². The van der Waals surface area contributed by atoms with Crippen LogP contribution in [0.25, 0.3) is 0 Å². The average Bonchev–Trinajstić information content (AvgIpc) is 2.74. The normalized spacial score (nSPS) is 20.5. The summed E-state index contributed by atoms with van der Waals surface area (Å²) in [7, 11) is 0. The second-order valence-corrected chi connectivity index (χ2v) is 5.45. The van der Waals surface area contributed by atoms with Gasteiger partial charge in [-0.25, -0.2) is 0 Å². The second kappa shape index (κ2) is 4.58. The lowest BCUT2D eigenvalue weighted by Gasteiger charge is -2.08. The Balaban J connectivity index is 2.21. The van der Waals surface area contributed by atoms with Crippen LogP contribution in [0, 0.1) is 12.8 Å². The van der Waals surface area contributed by atoms with Crippen molar-refractivity contribution < 1.29 is 4.79 Å². The van der Waals surface area contributed by atoms with Gasteiger partial charge in [0.2, 0.25) is 0 Å². The molecule has 0 spiro atoms. The maximum absolute atomic E-state index is 12.0. The fraction of sp³-hybridized carbons (Fsp3) is 0.417. The SMILES string of the molecule is Cc1ccc(C(=O)C2CCSC2)cc1Cl. The van der Waals surface area contributed by atoms with E-state index in [4.69, 9.17) is 11.6 Å². The molecule has 0 N–H and O–H groups in total. The molecular formula is C12H13ClOS. The minimum absolute atomic E-state index is 0.203. The summed E-state index contributed by atoms with van der Waals surface area (Å²) < 4.78 is 0. The Labute approximate surface area is 99.2 Å². The topological polar surface area (TPSA) is 17.1 Å². The van der Waals surface area contributed by atoms with Crippen molar-refractivity contribution in [1.29, 1.82) is 0 Å². The van der Waals surface area contributed by atoms with E-state index in [0.717, 1.165) is 29.1 Å². The van der Waals surface area contributed by atoms with Crippen molar-refractivity contribution in [1.82, 2.24) is 0 Å². The van der Waals surface area contributed by atoms with E-state index in [2.05, 4.69) is 0 Å². The minimum Gasteiger partial charge on any atom is -0.294 e. The zero-order valence-electron chi connectivity index (χ0n) is 8.63. The third kappa shape index (κ3) is 2.37. The Morgan fingerprint density at radius 2 is 2.33 bits per heavy atom. The molecular weight excluding hydrogens is 228 g/mol. The fourth-order valence-corrected chi connectivity index (χ4v) is 3.12. The number of thioether (sulfide) groups is 1. The van der Waals surface area contributed by atoms with Crippen LogP contribution in [-0.2, 0) is 0 Å². The van der Waals surface area contributed by atoms with Gasteiger partial charge in [0.05, 0.1) is 0 Å². The zero-order chi connectivity index (χ0) is 10.8. The van der Waals surface area contributed by atoms with E-state index in [-0.39, 0.29) is 11.7 Å². The zero-order valence-corrected chi connectivity index (χ0v) is 10.2. The minimum atomic E-state index is 0.203. The molecule has 1 aliphatic rings. The van der Waals surface area contributed by atoms with Crippen LogP contribution >= 0.6 is 23.4 Å². The molecule has 1 heterocycles. The standard InChI is InChI=1S/C12H13ClOS/c1-8-2-3-9(6-11(8)13)12(14)10-4-5-15-7-10/h2-3,6,10H,4-5,7H2,1H3. The third-order valence-corrected chi connectivity index (χ3v) is 4.33. The molecule has 0 radical (unpaired) electrons. The Morgan fingerprint density at radius 3 is 2.93 bits per heavy atom. The summed E-state index contributed by atoms with van der Waals surface area (Å²) in [5.41, 5.74) is 1.78. The van der Waals surface area contributed by atoms with Crippen LogP contribution in [0.15, 0.2) is 18.2 Å². The van der Waals surface area contributed by atoms with Crippen molar-refractivity contribution >= 4 is 29.1 Å². The molecule has 0 amide bonds. The molecule has 1 unspecified atom stereocenters. The third-order valence-electron chi connectivity index (χ3n) is 2.76. The van der Waals surface area contributed by atoms with Crippen molar-refractivity contribution in [3.05, 3.63) is 34.3 Å². The van der Waals surface area contributed by atoms with E-state index >= 15 is 0 Å². The van der Waals surface area contributed by atoms with Gasteiger partial charge in [0.1, 0.15) is 0 Å². The maximum atomic E-state index is 12.0. The van der Waals surface area contributed by atoms with Crippen LogP contribution < -0.4 is 0 Å². The molecule has 15 heavy (non-hydrogen) atoms. The number of rotatable bonds is 2. The van der Waals surface area contributed by atoms with Crippen LogP contribution in [0.2, 0.25) is 5.02 Å². The van der Waals surface area contributed by atoms with Gasteiger partial charge in [0.15, 0.2) is 5.78 Å². The first kappa shape index (κ1) is 11.0. The highest BCUT2D eigenvalue weighted by molar-refractivity contribution is 7.99. The van der Waals surface area contributed by atoms with E-state index in [1.54, 1.807) is 6.07 Å². The Morgan fingerprint density at radius 1 is 1.53 bits per heavy atom. The van der Waals surface area contributed by atoms with Crippen LogP contribution in [0.3, 0.4) is 0 Å². The van der Waals surface area contributed by atoms with Crippen LogP contribution in [-0.4, -0.2) is 17.3 Å². The predicted molar refractivity (Wildman–Crippen MR) is 66.0 cm³/mol. The molecule has 1 aliphatic heterocycles. The summed E-state index contributed by atoms with van der Waals surface area (Å²) in [4.78, 5) is 12.0. The van der Waals surface area contributed by atoms with Gasteiger partial charge in [-0.05, 0) is 30.7 Å². The van der Waals surface area contributed by atoms with Gasteiger partial charge in [-0.15, -0.1) is 0 Å². The van der Waals surface area contributed by atoms with Crippen LogP contribution in [0.4, 0.5) is 0 Å². The monoisotopic (exact) mass is 240 g/mol. The van der Waals surface area contributed by atoms with Gasteiger partial charge in [0.25, 0.3) is 0 Å². The number of halogens is 1. The molecule has 1 nitrogen and oxygen atoms in total. The van der Waals surface area contributed by atoms with E-state index < -0.39 is 0 Å². The number of ketones is 1. The Bertz CT molecular complexity index is 383. The van der Waals surface area contributed by atoms with Crippen molar-refractivity contribution in [3.8, 4) is 0 Å². The van der Waals surface area contributed by atoms with Gasteiger partial charge >= 0.3 is 0 Å². The predicted octanol–water partition coefficient (Wildman–Crippen LogP) is 3.58. The molecule has 0 aliphatic carbocycles. The fourth-order valence-electron chi connectivity index (χ4n) is 1.72. The number of carbonyl (C=O) groups excluding carboxylic acids is 1. The summed E-state index contributed by atoms with van der Waals surface area (Å²) in [6, 6.07) is 5.59. The molecule has 80 valence electrons. The molecule has 2 rings (SSSR count). The van der Waals surface area contributed by atoms with Crippen LogP contribution in [0.1, 0.15) is 22.3 Å². The Kier molecular flexibility index (Phi) is 3.37. The van der Waals surface area contributed by atoms with Gasteiger partial charge in [0, 0.05) is 22.3 Å². The summed E-state index contributed by atoms with van der Waals surface area (Å²) in [6.07, 6.45) is 1.01. The first-order valence-electron chi connectivity index (χ1n) is 5.06. The summed E-state index contributed by atoms with van der Waals surface area (Å²) >= 11 is 7.87. The number of benzene rings is 1. The Hall–Kier alpha value is -0.470. The second-order valence-electron chi connectivity index (χ2n) is 3.89. The van der Waals surface area contributed by atoms with Crippen molar-refractivity contribution in [3.63, 3.8) is 0 Å². The molecule has 1 aromatic rings. The smallest absolute Gasteiger partial charge is 0.166 e. The highest BCUT2D eigenvalue weighted by atomic mass is 35.5. The highest BCUT2D eigenvalue weighted by Crippen LogP contribution is 2.27. The van der Waals surface area contributed by atoms with Gasteiger partial charge in [-0.3, -0.25) is 4.79 Å². The first-order chi connectivity index (χ1) is 7.18. The quantitative estimate of drug-likeness (QED) is 0.735. The number of hydrogen-bond acceptors (Lipinski definition) is 2. The van der Waals surface area contributed by atoms with Gasteiger partial charge in [-0.2, -0.15) is 11.8 Å². The van der Waals surface area contributed by atoms with Gasteiger partial charge < -0.3 is 0 Å². The van der Waals surface area contributed by atoms with Crippen molar-refractivity contribution in [2.45, 2.75) is 13.3 Å². The van der Waals surface area contributed by atoms with E-state index in [9.17, 15) is 4.79 Å². The molecule has 1 atom stereocenters. The summed E-state index contributed by atoms with van der Waals surface area (Å²) in [6.45, 7) is 1.95. The molecule has 1 saturated heterocycles. The summed E-state index contributed by atoms with van der Waals surface area (Å²) in [5, 5.41) is 0.687. The average molecular weight is 241 g/mol. The summed E-state index contributed by atoms with van der Waals surface area (Å²) in [5.74, 6) is 2.52. The van der Waals surface area contributed by atoms with Gasteiger partial charge in [-0.1, -0.05) is 23.7 Å². The lowest BCUT2D eigenvalue weighted by Crippen LogP contribution is -2.13. The molecule has 1 aromatic carbocycles. The molecule has 3 heteroatoms. The van der Waals surface area contributed by atoms with E-state index in [0.29, 0.717) is 5.02 Å². The maximum Gasteiger partial charge on any atom is 0.166 e. The number of hydrogen-bond donors (Lipinski definition) is 0. The highest BCUT2D eigenvalue weighted by Gasteiger charge is 2.24. The molecule has 1 fully saturated rings. The molecule has 0 saturated carbocycles.